The Morgan fingerprint density at radius 2 is 1.80 bits per heavy atom. The third-order valence-corrected chi connectivity index (χ3v) is 5.44. The van der Waals surface area contributed by atoms with Gasteiger partial charge in [0, 0.05) is 43.9 Å². The van der Waals surface area contributed by atoms with Crippen LogP contribution < -0.4 is 10.2 Å². The lowest BCUT2D eigenvalue weighted by Gasteiger charge is -2.16. The Labute approximate surface area is 173 Å². The molecule has 0 aliphatic heterocycles. The fourth-order valence-electron chi connectivity index (χ4n) is 2.74. The highest BCUT2D eigenvalue weighted by atomic mass is 32.2. The van der Waals surface area contributed by atoms with E-state index in [9.17, 15) is 22.2 Å². The highest BCUT2D eigenvalue weighted by Crippen LogP contribution is 2.28. The van der Waals surface area contributed by atoms with Crippen molar-refractivity contribution in [1.29, 1.82) is 0 Å². The second kappa shape index (κ2) is 9.04. The van der Waals surface area contributed by atoms with E-state index in [0.717, 1.165) is 11.0 Å². The van der Waals surface area contributed by atoms with Gasteiger partial charge in [0.05, 0.1) is 22.1 Å². The maximum atomic E-state index is 14.4. The summed E-state index contributed by atoms with van der Waals surface area (Å²) in [6, 6.07) is 6.82. The van der Waals surface area contributed by atoms with E-state index >= 15 is 0 Å². The summed E-state index contributed by atoms with van der Waals surface area (Å²) in [6.07, 6.45) is 4.30. The predicted octanol–water partition coefficient (Wildman–Crippen LogP) is 3.52. The summed E-state index contributed by atoms with van der Waals surface area (Å²) in [4.78, 5) is 21.5. The summed E-state index contributed by atoms with van der Waals surface area (Å²) >= 11 is 0. The van der Waals surface area contributed by atoms with Crippen LogP contribution in [0.3, 0.4) is 0 Å². The molecule has 0 saturated heterocycles. The van der Waals surface area contributed by atoms with Gasteiger partial charge in [-0.05, 0) is 30.3 Å². The zero-order valence-corrected chi connectivity index (χ0v) is 16.8. The molecule has 1 amide bonds. The molecule has 156 valence electrons. The Hall–Kier alpha value is -3.27. The normalized spacial score (nSPS) is 11.8. The number of aromatic nitrogens is 2. The molecule has 0 aliphatic carbocycles. The summed E-state index contributed by atoms with van der Waals surface area (Å²) in [6.45, 7) is 0. The first-order valence-corrected chi connectivity index (χ1v) is 10.00. The SMILES string of the molecule is CN(C)c1c(F)cc(CS(=O)c2ncccc2C(=O)Nc2ccncc2)c(F)c1F. The average molecular weight is 434 g/mol. The molecule has 3 rings (SSSR count). The zero-order chi connectivity index (χ0) is 21.8. The smallest absolute Gasteiger partial charge is 0.258 e. The van der Waals surface area contributed by atoms with Crippen LogP contribution in [0.1, 0.15) is 15.9 Å². The standard InChI is InChI=1S/C20H17F3N4O2S/c1-27(2)18-15(21)10-12(16(22)17(18)23)11-30(29)20-14(4-3-7-25-20)19(28)26-13-5-8-24-9-6-13/h3-10H,11H2,1-2H3,(H,24,26,28). The first-order valence-electron chi connectivity index (χ1n) is 8.68. The fourth-order valence-corrected chi connectivity index (χ4v) is 3.95. The Bertz CT molecular complexity index is 1110. The summed E-state index contributed by atoms with van der Waals surface area (Å²) in [5.41, 5.74) is -0.485. The lowest BCUT2D eigenvalue weighted by Crippen LogP contribution is -2.17. The van der Waals surface area contributed by atoms with Gasteiger partial charge in [0.25, 0.3) is 5.91 Å². The van der Waals surface area contributed by atoms with E-state index in [0.29, 0.717) is 5.69 Å². The number of nitrogens with one attached hydrogen (secondary N) is 1. The molecule has 0 fully saturated rings. The maximum absolute atomic E-state index is 14.4. The maximum Gasteiger partial charge on any atom is 0.258 e. The van der Waals surface area contributed by atoms with Crippen LogP contribution >= 0.6 is 0 Å². The second-order valence-electron chi connectivity index (χ2n) is 6.42. The predicted molar refractivity (Wildman–Crippen MR) is 107 cm³/mol. The summed E-state index contributed by atoms with van der Waals surface area (Å²) in [5, 5.41) is 2.49. The molecule has 2 heterocycles. The van der Waals surface area contributed by atoms with Crippen LogP contribution in [0.25, 0.3) is 0 Å². The number of carbonyl (C=O) groups excluding carboxylic acids is 1. The molecule has 0 saturated carbocycles. The van der Waals surface area contributed by atoms with Crippen molar-refractivity contribution in [2.75, 3.05) is 24.3 Å². The van der Waals surface area contributed by atoms with Crippen molar-refractivity contribution in [1.82, 2.24) is 9.97 Å². The Balaban J connectivity index is 1.89. The molecule has 1 N–H and O–H groups in total. The summed E-state index contributed by atoms with van der Waals surface area (Å²) < 4.78 is 55.7. The Morgan fingerprint density at radius 3 is 2.47 bits per heavy atom. The zero-order valence-electron chi connectivity index (χ0n) is 16.0. The van der Waals surface area contributed by atoms with Gasteiger partial charge in [-0.2, -0.15) is 0 Å². The van der Waals surface area contributed by atoms with Crippen LogP contribution in [0.15, 0.2) is 53.9 Å². The van der Waals surface area contributed by atoms with Crippen LogP contribution in [0, 0.1) is 17.5 Å². The number of benzene rings is 1. The molecule has 30 heavy (non-hydrogen) atoms. The molecule has 10 heteroatoms. The van der Waals surface area contributed by atoms with E-state index < -0.39 is 51.2 Å². The van der Waals surface area contributed by atoms with Crippen LogP contribution in [0.4, 0.5) is 24.5 Å². The monoisotopic (exact) mass is 434 g/mol. The summed E-state index contributed by atoms with van der Waals surface area (Å²) in [7, 11) is 0.711. The van der Waals surface area contributed by atoms with Crippen molar-refractivity contribution in [3.8, 4) is 0 Å². The first-order chi connectivity index (χ1) is 14.3. The number of halogens is 3. The minimum atomic E-state index is -2.04. The number of carbonyl (C=O) groups is 1. The molecule has 0 radical (unpaired) electrons. The molecule has 1 unspecified atom stereocenters. The second-order valence-corrected chi connectivity index (χ2v) is 7.79. The molecule has 3 aromatic rings. The van der Waals surface area contributed by atoms with Crippen LogP contribution in [-0.4, -0.2) is 34.2 Å². The average Bonchev–Trinajstić information content (AvgIpc) is 2.72. The van der Waals surface area contributed by atoms with Gasteiger partial charge in [-0.1, -0.05) is 0 Å². The fraction of sp³-hybridized carbons (Fsp3) is 0.150. The largest absolute Gasteiger partial charge is 0.373 e. The molecular formula is C20H17F3N4O2S. The third kappa shape index (κ3) is 4.48. The van der Waals surface area contributed by atoms with E-state index in [4.69, 9.17) is 0 Å². The van der Waals surface area contributed by atoms with Crippen molar-refractivity contribution in [2.45, 2.75) is 10.8 Å². The number of rotatable bonds is 6. The van der Waals surface area contributed by atoms with Gasteiger partial charge in [0.15, 0.2) is 11.6 Å². The molecule has 0 bridgehead atoms. The van der Waals surface area contributed by atoms with Gasteiger partial charge >= 0.3 is 0 Å². The van der Waals surface area contributed by atoms with Gasteiger partial charge in [-0.25, -0.2) is 18.2 Å². The minimum Gasteiger partial charge on any atom is -0.373 e. The van der Waals surface area contributed by atoms with E-state index in [1.54, 1.807) is 12.1 Å². The number of amides is 1. The highest BCUT2D eigenvalue weighted by molar-refractivity contribution is 7.84. The first kappa shape index (κ1) is 21.4. The molecule has 1 aromatic carbocycles. The number of nitrogens with zero attached hydrogens (tertiary/aromatic N) is 3. The molecule has 1 atom stereocenters. The topological polar surface area (TPSA) is 75.2 Å². The quantitative estimate of drug-likeness (QED) is 0.601. The van der Waals surface area contributed by atoms with Crippen LogP contribution in [0.5, 0.6) is 0 Å². The van der Waals surface area contributed by atoms with E-state index in [-0.39, 0.29) is 10.6 Å². The van der Waals surface area contributed by atoms with E-state index in [1.807, 2.05) is 0 Å². The summed E-state index contributed by atoms with van der Waals surface area (Å²) in [5.74, 6) is -4.79. The van der Waals surface area contributed by atoms with Gasteiger partial charge in [0.2, 0.25) is 0 Å². The van der Waals surface area contributed by atoms with Crippen molar-refractivity contribution in [3.05, 3.63) is 77.5 Å². The Kier molecular flexibility index (Phi) is 6.46. The van der Waals surface area contributed by atoms with E-state index in [1.165, 1.54) is 44.8 Å². The van der Waals surface area contributed by atoms with Crippen LogP contribution in [0.2, 0.25) is 0 Å². The van der Waals surface area contributed by atoms with Crippen molar-refractivity contribution >= 4 is 28.1 Å². The third-order valence-electron chi connectivity index (χ3n) is 4.11. The molecular weight excluding hydrogens is 417 g/mol. The molecule has 0 spiro atoms. The highest BCUT2D eigenvalue weighted by Gasteiger charge is 2.24. The van der Waals surface area contributed by atoms with Gasteiger partial charge in [0.1, 0.15) is 16.5 Å². The van der Waals surface area contributed by atoms with Gasteiger partial charge in [-0.3, -0.25) is 14.0 Å². The lowest BCUT2D eigenvalue weighted by atomic mass is 10.2. The number of pyridine rings is 2. The van der Waals surface area contributed by atoms with E-state index in [2.05, 4.69) is 15.3 Å². The molecule has 0 aliphatic rings. The van der Waals surface area contributed by atoms with Crippen molar-refractivity contribution in [2.24, 2.45) is 0 Å². The number of hydrogen-bond donors (Lipinski definition) is 1. The molecule has 6 nitrogen and oxygen atoms in total. The van der Waals surface area contributed by atoms with Gasteiger partial charge in [-0.15, -0.1) is 0 Å². The molecule has 2 aromatic heterocycles. The van der Waals surface area contributed by atoms with Crippen molar-refractivity contribution < 1.29 is 22.2 Å². The van der Waals surface area contributed by atoms with Crippen LogP contribution in [-0.2, 0) is 16.6 Å². The number of hydrogen-bond acceptors (Lipinski definition) is 5. The van der Waals surface area contributed by atoms with Crippen molar-refractivity contribution in [3.63, 3.8) is 0 Å². The minimum absolute atomic E-state index is 0.00101. The Morgan fingerprint density at radius 1 is 1.10 bits per heavy atom. The number of anilines is 2. The lowest BCUT2D eigenvalue weighted by molar-refractivity contribution is 0.102. The van der Waals surface area contributed by atoms with Gasteiger partial charge < -0.3 is 10.2 Å².